The number of carbonyl (C=O) groups is 1. The summed E-state index contributed by atoms with van der Waals surface area (Å²) in [6, 6.07) is 5.77. The van der Waals surface area contributed by atoms with Crippen LogP contribution in [0.1, 0.15) is 22.8 Å². The Balaban J connectivity index is 2.44. The normalized spacial score (nSPS) is 20.0. The highest BCUT2D eigenvalue weighted by Crippen LogP contribution is 2.28. The lowest BCUT2D eigenvalue weighted by atomic mass is 9.98. The van der Waals surface area contributed by atoms with Crippen LogP contribution >= 0.6 is 0 Å². The minimum absolute atomic E-state index is 0.0485. The molecule has 0 radical (unpaired) electrons. The van der Waals surface area contributed by atoms with Crippen LogP contribution in [0.15, 0.2) is 23.2 Å². The third kappa shape index (κ3) is 1.58. The van der Waals surface area contributed by atoms with E-state index in [0.717, 1.165) is 16.7 Å². The minimum Gasteiger partial charge on any atom is -0.447 e. The molecule has 78 valence electrons. The summed E-state index contributed by atoms with van der Waals surface area (Å²) >= 11 is 0. The van der Waals surface area contributed by atoms with Crippen LogP contribution in [0.5, 0.6) is 0 Å². The Morgan fingerprint density at radius 2 is 1.93 bits per heavy atom. The van der Waals surface area contributed by atoms with E-state index in [-0.39, 0.29) is 11.9 Å². The van der Waals surface area contributed by atoms with Crippen molar-refractivity contribution in [1.82, 2.24) is 0 Å². The fourth-order valence-electron chi connectivity index (χ4n) is 1.79. The molecule has 0 saturated carbocycles. The van der Waals surface area contributed by atoms with Crippen LogP contribution in [-0.4, -0.2) is 11.9 Å². The molecule has 1 aromatic carbocycles. The second-order valence-electron chi connectivity index (χ2n) is 3.59. The maximum atomic E-state index is 11.5. The van der Waals surface area contributed by atoms with Crippen molar-refractivity contribution >= 4 is 11.9 Å². The lowest BCUT2D eigenvalue weighted by Crippen LogP contribution is -2.15. The molecule has 0 aromatic heterocycles. The van der Waals surface area contributed by atoms with E-state index in [4.69, 9.17) is 10.5 Å². The first-order valence-electron chi connectivity index (χ1n) is 4.70. The molecule has 1 aliphatic heterocycles. The average molecular weight is 204 g/mol. The van der Waals surface area contributed by atoms with Crippen molar-refractivity contribution in [2.45, 2.75) is 20.0 Å². The lowest BCUT2D eigenvalue weighted by molar-refractivity contribution is -0.122. The summed E-state index contributed by atoms with van der Waals surface area (Å²) in [6.07, 6.45) is -0.661. The maximum absolute atomic E-state index is 11.5. The van der Waals surface area contributed by atoms with E-state index in [9.17, 15) is 4.79 Å². The minimum atomic E-state index is -0.661. The van der Waals surface area contributed by atoms with E-state index in [1.54, 1.807) is 0 Å². The fraction of sp³-hybridized carbons (Fsp3) is 0.273. The molecule has 0 saturated heterocycles. The zero-order valence-electron chi connectivity index (χ0n) is 8.65. The molecular formula is C11H12N2O2. The van der Waals surface area contributed by atoms with Gasteiger partial charge in [0.25, 0.3) is 11.9 Å². The summed E-state index contributed by atoms with van der Waals surface area (Å²) in [5.74, 6) is -0.329. The summed E-state index contributed by atoms with van der Waals surface area (Å²) < 4.78 is 5.20. The Morgan fingerprint density at radius 3 is 2.40 bits per heavy atom. The number of benzene rings is 1. The molecule has 4 nitrogen and oxygen atoms in total. The Kier molecular flexibility index (Phi) is 2.19. The molecule has 0 bridgehead atoms. The van der Waals surface area contributed by atoms with Crippen LogP contribution in [0.25, 0.3) is 0 Å². The number of amidine groups is 1. The molecule has 1 aliphatic rings. The zero-order valence-corrected chi connectivity index (χ0v) is 8.65. The van der Waals surface area contributed by atoms with Crippen LogP contribution in [0.3, 0.4) is 0 Å². The number of rotatable bonds is 1. The number of aliphatic imine (C=N–C) groups is 1. The molecule has 1 amide bonds. The third-order valence-electron chi connectivity index (χ3n) is 2.49. The summed E-state index contributed by atoms with van der Waals surface area (Å²) in [7, 11) is 0. The standard InChI is InChI=1S/C11H12N2O2/c1-6-4-3-5-7(2)8(6)9-10(14)13-11(12)15-9/h3-5,9H,1-2H3,(H2,12,13,14). The number of amides is 1. The van der Waals surface area contributed by atoms with Gasteiger partial charge in [0.15, 0.2) is 0 Å². The van der Waals surface area contributed by atoms with E-state index >= 15 is 0 Å². The molecule has 1 aromatic rings. The van der Waals surface area contributed by atoms with Gasteiger partial charge >= 0.3 is 0 Å². The molecule has 1 atom stereocenters. The summed E-state index contributed by atoms with van der Waals surface area (Å²) in [5.41, 5.74) is 8.25. The molecule has 15 heavy (non-hydrogen) atoms. The van der Waals surface area contributed by atoms with Gasteiger partial charge in [0.1, 0.15) is 0 Å². The van der Waals surface area contributed by atoms with Crippen molar-refractivity contribution in [3.63, 3.8) is 0 Å². The van der Waals surface area contributed by atoms with E-state index in [1.807, 2.05) is 32.0 Å². The molecule has 0 spiro atoms. The molecule has 0 fully saturated rings. The third-order valence-corrected chi connectivity index (χ3v) is 2.49. The fourth-order valence-corrected chi connectivity index (χ4v) is 1.79. The second kappa shape index (κ2) is 3.38. The SMILES string of the molecule is Cc1cccc(C)c1C1OC(N)=NC1=O. The topological polar surface area (TPSA) is 64.7 Å². The Hall–Kier alpha value is -1.84. The number of hydrogen-bond acceptors (Lipinski definition) is 3. The highest BCUT2D eigenvalue weighted by Gasteiger charge is 2.31. The van der Waals surface area contributed by atoms with E-state index < -0.39 is 6.10 Å². The zero-order chi connectivity index (χ0) is 11.0. The number of aryl methyl sites for hydroxylation is 2. The van der Waals surface area contributed by atoms with Gasteiger partial charge in [0.2, 0.25) is 6.10 Å². The van der Waals surface area contributed by atoms with Crippen molar-refractivity contribution in [2.24, 2.45) is 10.7 Å². The van der Waals surface area contributed by atoms with E-state index in [0.29, 0.717) is 0 Å². The first kappa shape index (κ1) is 9.71. The lowest BCUT2D eigenvalue weighted by Gasteiger charge is -2.14. The molecule has 1 heterocycles. The number of nitrogens with zero attached hydrogens (tertiary/aromatic N) is 1. The van der Waals surface area contributed by atoms with Crippen LogP contribution in [-0.2, 0) is 9.53 Å². The van der Waals surface area contributed by atoms with Gasteiger partial charge in [-0.3, -0.25) is 4.79 Å². The summed E-state index contributed by atoms with van der Waals surface area (Å²) in [4.78, 5) is 15.1. The Labute approximate surface area is 87.8 Å². The maximum Gasteiger partial charge on any atom is 0.296 e. The first-order chi connectivity index (χ1) is 7.09. The van der Waals surface area contributed by atoms with Gasteiger partial charge in [-0.1, -0.05) is 18.2 Å². The van der Waals surface area contributed by atoms with Crippen molar-refractivity contribution < 1.29 is 9.53 Å². The second-order valence-corrected chi connectivity index (χ2v) is 3.59. The van der Waals surface area contributed by atoms with E-state index in [1.165, 1.54) is 0 Å². The van der Waals surface area contributed by atoms with Crippen LogP contribution in [0, 0.1) is 13.8 Å². The number of carbonyl (C=O) groups excluding carboxylic acids is 1. The Bertz CT molecular complexity index is 432. The number of hydrogen-bond donors (Lipinski definition) is 1. The highest BCUT2D eigenvalue weighted by molar-refractivity contribution is 5.98. The first-order valence-corrected chi connectivity index (χ1v) is 4.70. The van der Waals surface area contributed by atoms with E-state index in [2.05, 4.69) is 4.99 Å². The smallest absolute Gasteiger partial charge is 0.296 e. The molecule has 1 unspecified atom stereocenters. The summed E-state index contributed by atoms with van der Waals surface area (Å²) in [6.45, 7) is 3.88. The highest BCUT2D eigenvalue weighted by atomic mass is 16.5. The van der Waals surface area contributed by atoms with Crippen molar-refractivity contribution in [2.75, 3.05) is 0 Å². The van der Waals surface area contributed by atoms with Gasteiger partial charge in [-0.25, -0.2) is 0 Å². The number of nitrogens with two attached hydrogens (primary N) is 1. The van der Waals surface area contributed by atoms with Crippen molar-refractivity contribution in [1.29, 1.82) is 0 Å². The average Bonchev–Trinajstić information content (AvgIpc) is 2.45. The number of ether oxygens (including phenoxy) is 1. The van der Waals surface area contributed by atoms with Gasteiger partial charge in [-0.15, -0.1) is 0 Å². The Morgan fingerprint density at radius 1 is 1.33 bits per heavy atom. The molecule has 4 heteroatoms. The van der Waals surface area contributed by atoms with Gasteiger partial charge in [-0.2, -0.15) is 4.99 Å². The van der Waals surface area contributed by atoms with Crippen LogP contribution in [0.4, 0.5) is 0 Å². The largest absolute Gasteiger partial charge is 0.447 e. The monoisotopic (exact) mass is 204 g/mol. The van der Waals surface area contributed by atoms with Gasteiger partial charge < -0.3 is 10.5 Å². The predicted octanol–water partition coefficient (Wildman–Crippen LogP) is 1.22. The summed E-state index contributed by atoms with van der Waals surface area (Å²) in [5, 5.41) is 0. The molecule has 2 N–H and O–H groups in total. The molecule has 0 aliphatic carbocycles. The van der Waals surface area contributed by atoms with Gasteiger partial charge in [0, 0.05) is 5.56 Å². The van der Waals surface area contributed by atoms with Gasteiger partial charge in [-0.05, 0) is 25.0 Å². The molecule has 2 rings (SSSR count). The van der Waals surface area contributed by atoms with Crippen LogP contribution < -0.4 is 5.73 Å². The quantitative estimate of drug-likeness (QED) is 0.747. The van der Waals surface area contributed by atoms with Crippen LogP contribution in [0.2, 0.25) is 0 Å². The van der Waals surface area contributed by atoms with Gasteiger partial charge in [0.05, 0.1) is 0 Å². The predicted molar refractivity (Wildman–Crippen MR) is 56.4 cm³/mol. The van der Waals surface area contributed by atoms with Crippen molar-refractivity contribution in [3.05, 3.63) is 34.9 Å². The van der Waals surface area contributed by atoms with Crippen molar-refractivity contribution in [3.8, 4) is 0 Å². The molecular weight excluding hydrogens is 192 g/mol.